The van der Waals surface area contributed by atoms with Gasteiger partial charge in [-0.25, -0.2) is 0 Å². The van der Waals surface area contributed by atoms with Crippen LogP contribution in [-0.2, 0) is 14.0 Å². The molecule has 0 unspecified atom stereocenters. The fourth-order valence-corrected chi connectivity index (χ4v) is 3.00. The lowest BCUT2D eigenvalue weighted by molar-refractivity contribution is 0.00578. The summed E-state index contributed by atoms with van der Waals surface area (Å²) in [4.78, 5) is 0. The van der Waals surface area contributed by atoms with Gasteiger partial charge in [-0.3, -0.25) is 0 Å². The molecule has 0 bridgehead atoms. The van der Waals surface area contributed by atoms with Crippen molar-refractivity contribution in [3.63, 3.8) is 0 Å². The lowest BCUT2D eigenvalue weighted by atomic mass is 9.57. The Kier molecular flexibility index (Phi) is 3.74. The zero-order valence-corrected chi connectivity index (χ0v) is 14.8. The molecule has 2 rings (SSSR count). The van der Waals surface area contributed by atoms with Gasteiger partial charge >= 0.3 is 14.2 Å². The van der Waals surface area contributed by atoms with Crippen LogP contribution in [0.5, 0.6) is 0 Å². The Morgan fingerprint density at radius 3 is 1.67 bits per heavy atom. The van der Waals surface area contributed by atoms with Crippen molar-refractivity contribution in [2.45, 2.75) is 79.1 Å². The first-order valence-electron chi connectivity index (χ1n) is 7.66. The molecule has 0 atom stereocenters. The van der Waals surface area contributed by atoms with Crippen LogP contribution in [0.3, 0.4) is 0 Å². The Morgan fingerprint density at radius 2 is 1.29 bits per heavy atom. The standard InChI is InChI=1S/C15H28B2O4/c1-12(2,3)10-11(13(4,5)19-16(10)18)17-20-14(6,7)15(8,9)21-17/h18H,1-9H3. The minimum atomic E-state index is -0.908. The molecule has 0 aromatic heterocycles. The first-order valence-corrected chi connectivity index (χ1v) is 7.66. The number of hydrogen-bond donors (Lipinski definition) is 1. The van der Waals surface area contributed by atoms with Crippen molar-refractivity contribution in [2.24, 2.45) is 5.41 Å². The van der Waals surface area contributed by atoms with Crippen LogP contribution < -0.4 is 0 Å². The van der Waals surface area contributed by atoms with Crippen LogP contribution in [0.15, 0.2) is 10.9 Å². The van der Waals surface area contributed by atoms with Gasteiger partial charge in [0.15, 0.2) is 0 Å². The maximum absolute atomic E-state index is 10.4. The third-order valence-electron chi connectivity index (χ3n) is 4.89. The van der Waals surface area contributed by atoms with Gasteiger partial charge in [-0.05, 0) is 57.9 Å². The molecule has 4 nitrogen and oxygen atoms in total. The van der Waals surface area contributed by atoms with E-state index in [-0.39, 0.29) is 5.41 Å². The molecule has 1 fully saturated rings. The van der Waals surface area contributed by atoms with Crippen LogP contribution in [0.2, 0.25) is 0 Å². The molecule has 0 radical (unpaired) electrons. The molecular formula is C15H28B2O4. The molecular weight excluding hydrogens is 266 g/mol. The molecule has 0 aliphatic carbocycles. The number of allylic oxidation sites excluding steroid dienone is 1. The molecule has 1 saturated heterocycles. The Hall–Kier alpha value is -0.290. The van der Waals surface area contributed by atoms with Crippen molar-refractivity contribution in [1.82, 2.24) is 0 Å². The van der Waals surface area contributed by atoms with Crippen LogP contribution in [0.1, 0.15) is 62.3 Å². The summed E-state index contributed by atoms with van der Waals surface area (Å²) in [6, 6.07) is 0. The first kappa shape index (κ1) is 17.1. The first-order chi connectivity index (χ1) is 9.19. The van der Waals surface area contributed by atoms with E-state index in [0.717, 1.165) is 10.9 Å². The molecule has 0 amide bonds. The van der Waals surface area contributed by atoms with Crippen LogP contribution in [0.4, 0.5) is 0 Å². The molecule has 2 heterocycles. The van der Waals surface area contributed by atoms with E-state index in [9.17, 15) is 5.02 Å². The minimum absolute atomic E-state index is 0.216. The van der Waals surface area contributed by atoms with E-state index in [4.69, 9.17) is 14.0 Å². The van der Waals surface area contributed by atoms with Crippen LogP contribution in [0, 0.1) is 5.41 Å². The Balaban J connectivity index is 2.51. The highest BCUT2D eigenvalue weighted by atomic mass is 16.7. The third-order valence-corrected chi connectivity index (χ3v) is 4.89. The molecule has 2 aliphatic rings. The van der Waals surface area contributed by atoms with Gasteiger partial charge in [0, 0.05) is 0 Å². The SMILES string of the molecule is CC(C)(C)C1=C(B2OC(C)(C)C(C)(C)O2)C(C)(C)OB1O. The normalized spacial score (nSPS) is 27.7. The van der Waals surface area contributed by atoms with Gasteiger partial charge in [0.25, 0.3) is 0 Å². The molecule has 0 aromatic carbocycles. The summed E-state index contributed by atoms with van der Waals surface area (Å²) in [5.41, 5.74) is 0.149. The molecule has 0 saturated carbocycles. The fraction of sp³-hybridized carbons (Fsp3) is 0.867. The summed E-state index contributed by atoms with van der Waals surface area (Å²) in [5.74, 6) is 0. The van der Waals surface area contributed by atoms with E-state index in [1.54, 1.807) is 0 Å². The van der Waals surface area contributed by atoms with Crippen LogP contribution in [0.25, 0.3) is 0 Å². The number of rotatable bonds is 1. The maximum Gasteiger partial charge on any atom is 0.492 e. The predicted octanol–water partition coefficient (Wildman–Crippen LogP) is 2.79. The van der Waals surface area contributed by atoms with Gasteiger partial charge in [-0.15, -0.1) is 0 Å². The molecule has 118 valence electrons. The van der Waals surface area contributed by atoms with Gasteiger partial charge in [-0.2, -0.15) is 0 Å². The molecule has 0 aromatic rings. The van der Waals surface area contributed by atoms with Crippen molar-refractivity contribution < 1.29 is 19.0 Å². The molecule has 0 spiro atoms. The van der Waals surface area contributed by atoms with E-state index >= 15 is 0 Å². The maximum atomic E-state index is 10.4. The summed E-state index contributed by atoms with van der Waals surface area (Å²) >= 11 is 0. The molecule has 2 aliphatic heterocycles. The smallest absolute Gasteiger partial charge is 0.423 e. The van der Waals surface area contributed by atoms with Gasteiger partial charge < -0.3 is 19.0 Å². The summed E-state index contributed by atoms with van der Waals surface area (Å²) in [5, 5.41) is 10.4. The summed E-state index contributed by atoms with van der Waals surface area (Å²) in [6.45, 7) is 18.2. The lowest BCUT2D eigenvalue weighted by Crippen LogP contribution is -2.41. The predicted molar refractivity (Wildman–Crippen MR) is 85.7 cm³/mol. The monoisotopic (exact) mass is 294 g/mol. The Bertz CT molecular complexity index is 459. The zero-order valence-electron chi connectivity index (χ0n) is 14.8. The molecule has 1 N–H and O–H groups in total. The van der Waals surface area contributed by atoms with Gasteiger partial charge in [0.2, 0.25) is 0 Å². The third kappa shape index (κ3) is 2.72. The second-order valence-corrected chi connectivity index (χ2v) is 8.65. The lowest BCUT2D eigenvalue weighted by Gasteiger charge is -2.32. The summed E-state index contributed by atoms with van der Waals surface area (Å²) in [7, 11) is -1.40. The van der Waals surface area contributed by atoms with Crippen molar-refractivity contribution in [2.75, 3.05) is 0 Å². The van der Waals surface area contributed by atoms with E-state index < -0.39 is 31.0 Å². The van der Waals surface area contributed by atoms with Crippen LogP contribution in [-0.4, -0.2) is 36.1 Å². The van der Waals surface area contributed by atoms with Crippen LogP contribution >= 0.6 is 0 Å². The topological polar surface area (TPSA) is 47.9 Å². The van der Waals surface area contributed by atoms with Crippen molar-refractivity contribution in [3.05, 3.63) is 10.9 Å². The molecule has 21 heavy (non-hydrogen) atoms. The van der Waals surface area contributed by atoms with E-state index in [0.29, 0.717) is 0 Å². The van der Waals surface area contributed by atoms with E-state index in [1.807, 2.05) is 41.5 Å². The van der Waals surface area contributed by atoms with Gasteiger partial charge in [0.1, 0.15) is 0 Å². The van der Waals surface area contributed by atoms with Crippen molar-refractivity contribution in [1.29, 1.82) is 0 Å². The largest absolute Gasteiger partial charge is 0.492 e. The Morgan fingerprint density at radius 1 is 0.857 bits per heavy atom. The quantitative estimate of drug-likeness (QED) is 0.755. The van der Waals surface area contributed by atoms with E-state index in [1.165, 1.54) is 0 Å². The molecule has 6 heteroatoms. The highest BCUT2D eigenvalue weighted by molar-refractivity contribution is 6.64. The van der Waals surface area contributed by atoms with Crippen molar-refractivity contribution in [3.8, 4) is 0 Å². The zero-order chi connectivity index (χ0) is 16.4. The average molecular weight is 294 g/mol. The minimum Gasteiger partial charge on any atom is -0.423 e. The highest BCUT2D eigenvalue weighted by Gasteiger charge is 2.59. The van der Waals surface area contributed by atoms with Gasteiger partial charge in [-0.1, -0.05) is 20.8 Å². The second kappa shape index (κ2) is 4.60. The summed E-state index contributed by atoms with van der Waals surface area (Å²) < 4.78 is 18.1. The highest BCUT2D eigenvalue weighted by Crippen LogP contribution is 2.47. The van der Waals surface area contributed by atoms with E-state index in [2.05, 4.69) is 20.8 Å². The van der Waals surface area contributed by atoms with Gasteiger partial charge in [0.05, 0.1) is 16.8 Å². The second-order valence-electron chi connectivity index (χ2n) is 8.65. The average Bonchev–Trinajstić information content (AvgIpc) is 2.55. The fourth-order valence-electron chi connectivity index (χ4n) is 3.00. The Labute approximate surface area is 129 Å². The van der Waals surface area contributed by atoms with Crippen molar-refractivity contribution >= 4 is 14.2 Å². The number of hydrogen-bond acceptors (Lipinski definition) is 4. The summed E-state index contributed by atoms with van der Waals surface area (Å²) in [6.07, 6.45) is 0.